The molecule has 160 valence electrons. The van der Waals surface area contributed by atoms with Crippen LogP contribution < -0.4 is 4.90 Å². The van der Waals surface area contributed by atoms with Crippen molar-refractivity contribution in [2.45, 2.75) is 46.1 Å². The van der Waals surface area contributed by atoms with E-state index in [1.807, 2.05) is 12.4 Å². The number of aliphatic hydroxyl groups is 1. The van der Waals surface area contributed by atoms with E-state index in [2.05, 4.69) is 99.1 Å². The van der Waals surface area contributed by atoms with E-state index in [-0.39, 0.29) is 10.8 Å². The predicted octanol–water partition coefficient (Wildman–Crippen LogP) is 4.75. The number of anilines is 1. The number of hydrogen-bond donors (Lipinski definition) is 1. The minimum atomic E-state index is -1.10. The maximum absolute atomic E-state index is 12.3. The number of hydrogen-bond acceptors (Lipinski definition) is 4. The zero-order chi connectivity index (χ0) is 21.7. The first-order valence-electron chi connectivity index (χ1n) is 11.0. The Hall–Kier alpha value is -2.17. The fraction of sp³-hybridized carbons (Fsp3) is 0.500. The number of likely N-dealkylation sites (tertiary alicyclic amines) is 1. The first-order valence-corrected chi connectivity index (χ1v) is 11.0. The van der Waals surface area contributed by atoms with Crippen molar-refractivity contribution in [1.82, 2.24) is 9.88 Å². The SMILES string of the molecule is CC(C)c1ccc([C@](O)(c2cncc(N3C=CC(C)(C)C3)c2)C2(C)CN(C)C2)cc1. The van der Waals surface area contributed by atoms with Crippen molar-refractivity contribution in [2.24, 2.45) is 10.8 Å². The van der Waals surface area contributed by atoms with Gasteiger partial charge in [-0.25, -0.2) is 0 Å². The van der Waals surface area contributed by atoms with E-state index >= 15 is 0 Å². The summed E-state index contributed by atoms with van der Waals surface area (Å²) in [7, 11) is 2.11. The lowest BCUT2D eigenvalue weighted by Gasteiger charge is -2.56. The third-order valence-electron chi connectivity index (χ3n) is 6.86. The molecule has 0 amide bonds. The van der Waals surface area contributed by atoms with E-state index in [9.17, 15) is 5.11 Å². The van der Waals surface area contributed by atoms with E-state index < -0.39 is 5.60 Å². The zero-order valence-corrected chi connectivity index (χ0v) is 19.2. The second-order valence-corrected chi connectivity index (χ2v) is 10.6. The molecule has 0 unspecified atom stereocenters. The predicted molar refractivity (Wildman–Crippen MR) is 124 cm³/mol. The van der Waals surface area contributed by atoms with E-state index in [1.165, 1.54) is 5.56 Å². The zero-order valence-electron chi connectivity index (χ0n) is 19.2. The molecule has 1 aromatic heterocycles. The van der Waals surface area contributed by atoms with Crippen LogP contribution in [0.5, 0.6) is 0 Å². The second kappa shape index (κ2) is 7.21. The molecule has 2 aromatic rings. The second-order valence-electron chi connectivity index (χ2n) is 10.6. The van der Waals surface area contributed by atoms with Crippen LogP contribution in [0.3, 0.4) is 0 Å². The smallest absolute Gasteiger partial charge is 0.124 e. The van der Waals surface area contributed by atoms with E-state index in [1.54, 1.807) is 0 Å². The Morgan fingerprint density at radius 2 is 1.67 bits per heavy atom. The Bertz CT molecular complexity index is 941. The molecule has 0 aliphatic carbocycles. The van der Waals surface area contributed by atoms with Crippen LogP contribution in [0.1, 0.15) is 57.2 Å². The van der Waals surface area contributed by atoms with Crippen molar-refractivity contribution >= 4 is 5.69 Å². The molecule has 0 radical (unpaired) electrons. The third kappa shape index (κ3) is 3.46. The summed E-state index contributed by atoms with van der Waals surface area (Å²) in [6, 6.07) is 10.6. The molecule has 4 nitrogen and oxygen atoms in total. The molecule has 2 aliphatic heterocycles. The highest BCUT2D eigenvalue weighted by molar-refractivity contribution is 5.54. The maximum atomic E-state index is 12.3. The lowest BCUT2D eigenvalue weighted by Crippen LogP contribution is -2.63. The van der Waals surface area contributed by atoms with Crippen LogP contribution in [0.25, 0.3) is 0 Å². The summed E-state index contributed by atoms with van der Waals surface area (Å²) in [5, 5.41) is 12.3. The third-order valence-corrected chi connectivity index (χ3v) is 6.86. The summed E-state index contributed by atoms with van der Waals surface area (Å²) in [6.07, 6.45) is 8.11. The van der Waals surface area contributed by atoms with Gasteiger partial charge in [-0.2, -0.15) is 0 Å². The minimum absolute atomic E-state index is 0.141. The Balaban J connectivity index is 1.78. The van der Waals surface area contributed by atoms with Crippen LogP contribution in [-0.4, -0.2) is 41.7 Å². The normalized spacial score (nSPS) is 22.2. The summed E-state index contributed by atoms with van der Waals surface area (Å²) in [6.45, 7) is 13.7. The fourth-order valence-electron chi connectivity index (χ4n) is 5.14. The lowest BCUT2D eigenvalue weighted by molar-refractivity contribution is -0.127. The average Bonchev–Trinajstić information content (AvgIpc) is 3.06. The summed E-state index contributed by atoms with van der Waals surface area (Å²) >= 11 is 0. The van der Waals surface area contributed by atoms with Gasteiger partial charge in [0.05, 0.1) is 11.9 Å². The quantitative estimate of drug-likeness (QED) is 0.779. The molecule has 0 spiro atoms. The van der Waals surface area contributed by atoms with E-state index in [4.69, 9.17) is 0 Å². The Labute approximate surface area is 181 Å². The number of rotatable bonds is 5. The number of pyridine rings is 1. The van der Waals surface area contributed by atoms with E-state index in [0.29, 0.717) is 5.92 Å². The molecular weight excluding hydrogens is 370 g/mol. The maximum Gasteiger partial charge on any atom is 0.124 e. The molecule has 0 saturated carbocycles. The molecule has 0 bridgehead atoms. The monoisotopic (exact) mass is 405 g/mol. The van der Waals surface area contributed by atoms with Gasteiger partial charge < -0.3 is 14.9 Å². The highest BCUT2D eigenvalue weighted by atomic mass is 16.3. The van der Waals surface area contributed by atoms with Crippen molar-refractivity contribution in [1.29, 1.82) is 0 Å². The molecule has 1 saturated heterocycles. The molecule has 4 rings (SSSR count). The standard InChI is InChI=1S/C26H35N3O/c1-19(2)20-7-9-21(10-8-20)26(30,25(5)17-28(6)18-25)22-13-23(15-27-14-22)29-12-11-24(3,4)16-29/h7-15,19,30H,16-18H2,1-6H3/t26-/m0/s1. The van der Waals surface area contributed by atoms with Gasteiger partial charge in [-0.1, -0.05) is 65.0 Å². The molecule has 1 atom stereocenters. The number of nitrogens with zero attached hydrogens (tertiary/aromatic N) is 3. The Morgan fingerprint density at radius 1 is 1.00 bits per heavy atom. The summed E-state index contributed by atoms with van der Waals surface area (Å²) < 4.78 is 0. The average molecular weight is 406 g/mol. The summed E-state index contributed by atoms with van der Waals surface area (Å²) in [4.78, 5) is 9.05. The highest BCUT2D eigenvalue weighted by Crippen LogP contribution is 2.50. The van der Waals surface area contributed by atoms with Gasteiger partial charge in [0, 0.05) is 48.4 Å². The largest absolute Gasteiger partial charge is 0.380 e. The van der Waals surface area contributed by atoms with Crippen molar-refractivity contribution in [3.63, 3.8) is 0 Å². The van der Waals surface area contributed by atoms with Crippen LogP contribution in [0.15, 0.2) is 55.0 Å². The molecule has 30 heavy (non-hydrogen) atoms. The molecule has 2 aliphatic rings. The van der Waals surface area contributed by atoms with Gasteiger partial charge >= 0.3 is 0 Å². The van der Waals surface area contributed by atoms with Crippen molar-refractivity contribution in [2.75, 3.05) is 31.6 Å². The van der Waals surface area contributed by atoms with Gasteiger partial charge in [-0.3, -0.25) is 4.98 Å². The van der Waals surface area contributed by atoms with Gasteiger partial charge in [0.2, 0.25) is 0 Å². The molecule has 1 N–H and O–H groups in total. The van der Waals surface area contributed by atoms with Crippen LogP contribution in [-0.2, 0) is 5.60 Å². The van der Waals surface area contributed by atoms with Gasteiger partial charge in [0.1, 0.15) is 5.60 Å². The number of aromatic nitrogens is 1. The highest BCUT2D eigenvalue weighted by Gasteiger charge is 2.55. The molecular formula is C26H35N3O. The van der Waals surface area contributed by atoms with E-state index in [0.717, 1.165) is 36.4 Å². The van der Waals surface area contributed by atoms with Gasteiger partial charge in [0.25, 0.3) is 0 Å². The van der Waals surface area contributed by atoms with Crippen molar-refractivity contribution in [3.05, 3.63) is 71.7 Å². The molecule has 1 aromatic carbocycles. The summed E-state index contributed by atoms with van der Waals surface area (Å²) in [5.41, 5.74) is 2.89. The molecule has 4 heteroatoms. The van der Waals surface area contributed by atoms with Crippen LogP contribution in [0, 0.1) is 10.8 Å². The lowest BCUT2D eigenvalue weighted by atomic mass is 9.62. The first-order chi connectivity index (χ1) is 14.0. The summed E-state index contributed by atoms with van der Waals surface area (Å²) in [5.74, 6) is 0.466. The number of benzene rings is 1. The van der Waals surface area contributed by atoms with Crippen molar-refractivity contribution < 1.29 is 5.11 Å². The molecule has 3 heterocycles. The van der Waals surface area contributed by atoms with Crippen LogP contribution in [0.4, 0.5) is 5.69 Å². The topological polar surface area (TPSA) is 39.6 Å². The van der Waals surface area contributed by atoms with Gasteiger partial charge in [0.15, 0.2) is 0 Å². The minimum Gasteiger partial charge on any atom is -0.380 e. The van der Waals surface area contributed by atoms with Crippen molar-refractivity contribution in [3.8, 4) is 0 Å². The van der Waals surface area contributed by atoms with Gasteiger partial charge in [-0.05, 0) is 30.2 Å². The molecule has 1 fully saturated rings. The Kier molecular flexibility index (Phi) is 5.06. The first kappa shape index (κ1) is 21.1. The fourth-order valence-corrected chi connectivity index (χ4v) is 5.14. The van der Waals surface area contributed by atoms with Crippen LogP contribution in [0.2, 0.25) is 0 Å². The van der Waals surface area contributed by atoms with Crippen LogP contribution >= 0.6 is 0 Å². The Morgan fingerprint density at radius 3 is 2.20 bits per heavy atom. The van der Waals surface area contributed by atoms with Gasteiger partial charge in [-0.15, -0.1) is 0 Å².